The summed E-state index contributed by atoms with van der Waals surface area (Å²) >= 11 is 1.50. The van der Waals surface area contributed by atoms with Crippen LogP contribution in [0.1, 0.15) is 37.6 Å². The first-order valence-corrected chi connectivity index (χ1v) is 7.47. The zero-order valence-corrected chi connectivity index (χ0v) is 12.6. The van der Waals surface area contributed by atoms with E-state index in [2.05, 4.69) is 0 Å². The Morgan fingerprint density at radius 1 is 1.35 bits per heavy atom. The van der Waals surface area contributed by atoms with Crippen molar-refractivity contribution in [2.45, 2.75) is 37.7 Å². The third-order valence-electron chi connectivity index (χ3n) is 3.05. The molecule has 20 heavy (non-hydrogen) atoms. The SMILES string of the molecule is CC(=O)c1cccc(N2C(=O)CC(SC(C)C)C2=O)c1. The summed E-state index contributed by atoms with van der Waals surface area (Å²) < 4.78 is 0. The van der Waals surface area contributed by atoms with Crippen LogP contribution in [0.25, 0.3) is 0 Å². The summed E-state index contributed by atoms with van der Waals surface area (Å²) in [5, 5.41) is -0.0243. The van der Waals surface area contributed by atoms with Gasteiger partial charge in [-0.25, -0.2) is 4.90 Å². The number of hydrogen-bond donors (Lipinski definition) is 0. The lowest BCUT2D eigenvalue weighted by atomic mass is 10.1. The van der Waals surface area contributed by atoms with Crippen LogP contribution in [0.15, 0.2) is 24.3 Å². The Labute approximate surface area is 122 Å². The van der Waals surface area contributed by atoms with Gasteiger partial charge in [0, 0.05) is 12.0 Å². The molecule has 106 valence electrons. The first-order chi connectivity index (χ1) is 9.40. The Bertz CT molecular complexity index is 568. The molecule has 0 N–H and O–H groups in total. The third-order valence-corrected chi connectivity index (χ3v) is 4.29. The summed E-state index contributed by atoms with van der Waals surface area (Å²) in [6.07, 6.45) is 0.228. The van der Waals surface area contributed by atoms with Crippen LogP contribution in [0, 0.1) is 0 Å². The molecule has 0 saturated carbocycles. The van der Waals surface area contributed by atoms with Gasteiger partial charge in [0.2, 0.25) is 11.8 Å². The van der Waals surface area contributed by atoms with Crippen LogP contribution in [-0.2, 0) is 9.59 Å². The molecule has 2 rings (SSSR count). The molecule has 0 radical (unpaired) electrons. The highest BCUT2D eigenvalue weighted by molar-refractivity contribution is 8.01. The number of thioether (sulfide) groups is 1. The van der Waals surface area contributed by atoms with Crippen molar-refractivity contribution in [2.75, 3.05) is 4.90 Å². The van der Waals surface area contributed by atoms with Gasteiger partial charge in [0.15, 0.2) is 5.78 Å². The largest absolute Gasteiger partial charge is 0.295 e. The molecule has 0 aliphatic carbocycles. The molecular formula is C15H17NO3S. The highest BCUT2D eigenvalue weighted by Crippen LogP contribution is 2.31. The molecule has 1 fully saturated rings. The minimum Gasteiger partial charge on any atom is -0.295 e. The minimum absolute atomic E-state index is 0.0842. The van der Waals surface area contributed by atoms with Crippen LogP contribution in [-0.4, -0.2) is 28.1 Å². The van der Waals surface area contributed by atoms with E-state index in [1.54, 1.807) is 24.3 Å². The first-order valence-electron chi connectivity index (χ1n) is 6.53. The van der Waals surface area contributed by atoms with Crippen molar-refractivity contribution in [3.63, 3.8) is 0 Å². The van der Waals surface area contributed by atoms with Crippen LogP contribution in [0.2, 0.25) is 0 Å². The van der Waals surface area contributed by atoms with Gasteiger partial charge in [-0.15, -0.1) is 11.8 Å². The fraction of sp³-hybridized carbons (Fsp3) is 0.400. The van der Waals surface area contributed by atoms with Gasteiger partial charge in [0.25, 0.3) is 0 Å². The maximum absolute atomic E-state index is 12.3. The molecule has 5 heteroatoms. The van der Waals surface area contributed by atoms with Gasteiger partial charge >= 0.3 is 0 Å². The fourth-order valence-electron chi connectivity index (χ4n) is 2.17. The number of nitrogens with zero attached hydrogens (tertiary/aromatic N) is 1. The summed E-state index contributed by atoms with van der Waals surface area (Å²) in [7, 11) is 0. The zero-order valence-electron chi connectivity index (χ0n) is 11.8. The van der Waals surface area contributed by atoms with Crippen molar-refractivity contribution < 1.29 is 14.4 Å². The van der Waals surface area contributed by atoms with Gasteiger partial charge in [-0.1, -0.05) is 26.0 Å². The van der Waals surface area contributed by atoms with Crippen molar-refractivity contribution in [1.29, 1.82) is 0 Å². The molecule has 2 amide bonds. The lowest BCUT2D eigenvalue weighted by molar-refractivity contribution is -0.121. The van der Waals surface area contributed by atoms with E-state index in [0.29, 0.717) is 16.5 Å². The zero-order chi connectivity index (χ0) is 14.9. The maximum atomic E-state index is 12.3. The second kappa shape index (κ2) is 5.79. The van der Waals surface area contributed by atoms with Gasteiger partial charge in [0.05, 0.1) is 10.9 Å². The van der Waals surface area contributed by atoms with Crippen LogP contribution in [0.3, 0.4) is 0 Å². The number of carbonyl (C=O) groups excluding carboxylic acids is 3. The Kier molecular flexibility index (Phi) is 4.28. The summed E-state index contributed by atoms with van der Waals surface area (Å²) in [6.45, 7) is 5.47. The molecule has 1 saturated heterocycles. The average Bonchev–Trinajstić information content (AvgIpc) is 2.64. The lowest BCUT2D eigenvalue weighted by Crippen LogP contribution is -2.31. The van der Waals surface area contributed by atoms with E-state index in [1.807, 2.05) is 13.8 Å². The van der Waals surface area contributed by atoms with E-state index in [0.717, 1.165) is 0 Å². The average molecular weight is 291 g/mol. The molecule has 4 nitrogen and oxygen atoms in total. The quantitative estimate of drug-likeness (QED) is 0.632. The molecule has 1 unspecified atom stereocenters. The van der Waals surface area contributed by atoms with Crippen molar-refractivity contribution in [3.05, 3.63) is 29.8 Å². The third kappa shape index (κ3) is 2.93. The highest BCUT2D eigenvalue weighted by Gasteiger charge is 2.40. The second-order valence-electron chi connectivity index (χ2n) is 5.05. The van der Waals surface area contributed by atoms with Crippen molar-refractivity contribution in [3.8, 4) is 0 Å². The number of imide groups is 1. The van der Waals surface area contributed by atoms with E-state index in [-0.39, 0.29) is 29.3 Å². The Morgan fingerprint density at radius 3 is 2.65 bits per heavy atom. The van der Waals surface area contributed by atoms with Crippen LogP contribution < -0.4 is 4.90 Å². The minimum atomic E-state index is -0.316. The predicted octanol–water partition coefficient (Wildman–Crippen LogP) is 2.66. The Morgan fingerprint density at radius 2 is 2.05 bits per heavy atom. The van der Waals surface area contributed by atoms with Gasteiger partial charge in [0.1, 0.15) is 0 Å². The van der Waals surface area contributed by atoms with E-state index in [4.69, 9.17) is 0 Å². The Balaban J connectivity index is 2.28. The van der Waals surface area contributed by atoms with Crippen molar-refractivity contribution in [1.82, 2.24) is 0 Å². The van der Waals surface area contributed by atoms with Crippen LogP contribution in [0.5, 0.6) is 0 Å². The monoisotopic (exact) mass is 291 g/mol. The van der Waals surface area contributed by atoms with Gasteiger partial charge < -0.3 is 0 Å². The van der Waals surface area contributed by atoms with Crippen molar-refractivity contribution in [2.24, 2.45) is 0 Å². The molecule has 1 aliphatic rings. The predicted molar refractivity (Wildman–Crippen MR) is 80.1 cm³/mol. The number of ketones is 1. The summed E-state index contributed by atoms with van der Waals surface area (Å²) in [4.78, 5) is 37.0. The number of anilines is 1. The molecule has 0 aromatic heterocycles. The smallest absolute Gasteiger partial charge is 0.247 e. The van der Waals surface area contributed by atoms with Crippen LogP contribution >= 0.6 is 11.8 Å². The molecule has 0 spiro atoms. The number of rotatable bonds is 4. The van der Waals surface area contributed by atoms with Crippen molar-refractivity contribution >= 4 is 35.0 Å². The molecule has 1 atom stereocenters. The van der Waals surface area contributed by atoms with Crippen LogP contribution in [0.4, 0.5) is 5.69 Å². The topological polar surface area (TPSA) is 54.5 Å². The molecule has 0 bridgehead atoms. The van der Waals surface area contributed by atoms with E-state index in [1.165, 1.54) is 23.6 Å². The van der Waals surface area contributed by atoms with E-state index >= 15 is 0 Å². The molecular weight excluding hydrogens is 274 g/mol. The van der Waals surface area contributed by atoms with Gasteiger partial charge in [-0.2, -0.15) is 0 Å². The normalized spacial score (nSPS) is 19.0. The molecule has 1 heterocycles. The molecule has 1 aromatic carbocycles. The summed E-state index contributed by atoms with van der Waals surface area (Å²) in [5.41, 5.74) is 0.989. The number of carbonyl (C=O) groups is 3. The lowest BCUT2D eigenvalue weighted by Gasteiger charge is -2.16. The first kappa shape index (κ1) is 14.8. The number of benzene rings is 1. The Hall–Kier alpha value is -1.62. The highest BCUT2D eigenvalue weighted by atomic mass is 32.2. The number of Topliss-reactive ketones (excluding diaryl/α,β-unsaturated/α-hetero) is 1. The maximum Gasteiger partial charge on any atom is 0.247 e. The molecule has 1 aliphatic heterocycles. The fourth-order valence-corrected chi connectivity index (χ4v) is 3.29. The molecule has 1 aromatic rings. The van der Waals surface area contributed by atoms with Gasteiger partial charge in [-0.3, -0.25) is 14.4 Å². The van der Waals surface area contributed by atoms with E-state index < -0.39 is 0 Å². The summed E-state index contributed by atoms with van der Waals surface area (Å²) in [6, 6.07) is 6.65. The summed E-state index contributed by atoms with van der Waals surface area (Å²) in [5.74, 6) is -0.470. The van der Waals surface area contributed by atoms with E-state index in [9.17, 15) is 14.4 Å². The second-order valence-corrected chi connectivity index (χ2v) is 6.84. The standard InChI is InChI=1S/C15H17NO3S/c1-9(2)20-13-8-14(18)16(15(13)19)12-6-4-5-11(7-12)10(3)17/h4-7,9,13H,8H2,1-3H3. The number of hydrogen-bond acceptors (Lipinski definition) is 4. The number of amides is 2. The van der Waals surface area contributed by atoms with Gasteiger partial charge in [-0.05, 0) is 24.3 Å².